The molecule has 9 nitrogen and oxygen atoms in total. The van der Waals surface area contributed by atoms with Crippen molar-refractivity contribution in [1.82, 2.24) is 14.6 Å². The maximum Gasteiger partial charge on any atom is 0.416 e. The standard InChI is InChI=1S/C21H30BrN5O4/c1-21(2,3)31-20(29)26(10-13-11-30-12-13)18-8-17(24-15-6-4-5-7-16(15)28)25-19-14(22)9-23-27(18)19/h8-9,13,15-16,28H,4-7,10-12H2,1-3H3,(H,24,25)/t15-,16+/m0/s1. The van der Waals surface area contributed by atoms with Crippen LogP contribution in [-0.2, 0) is 9.47 Å². The summed E-state index contributed by atoms with van der Waals surface area (Å²) >= 11 is 3.51. The molecule has 10 heteroatoms. The van der Waals surface area contributed by atoms with E-state index in [2.05, 4.69) is 31.3 Å². The molecule has 2 aliphatic rings. The molecule has 2 atom stereocenters. The molecular weight excluding hydrogens is 466 g/mol. The van der Waals surface area contributed by atoms with Crippen molar-refractivity contribution in [2.45, 2.75) is 64.2 Å². The number of hydrogen-bond acceptors (Lipinski definition) is 7. The van der Waals surface area contributed by atoms with Crippen molar-refractivity contribution in [2.24, 2.45) is 5.92 Å². The summed E-state index contributed by atoms with van der Waals surface area (Å²) in [7, 11) is 0. The molecule has 2 aromatic heterocycles. The molecule has 1 saturated carbocycles. The molecule has 170 valence electrons. The second-order valence-electron chi connectivity index (χ2n) is 9.32. The summed E-state index contributed by atoms with van der Waals surface area (Å²) in [6.45, 7) is 7.21. The number of aliphatic hydroxyl groups excluding tert-OH is 1. The van der Waals surface area contributed by atoms with Gasteiger partial charge in [0.1, 0.15) is 17.2 Å². The number of carbonyl (C=O) groups excluding carboxylic acids is 1. The second kappa shape index (κ2) is 8.91. The fourth-order valence-electron chi connectivity index (χ4n) is 3.88. The monoisotopic (exact) mass is 495 g/mol. The van der Waals surface area contributed by atoms with Crippen LogP contribution in [0.15, 0.2) is 16.7 Å². The predicted molar refractivity (Wildman–Crippen MR) is 120 cm³/mol. The smallest absolute Gasteiger partial charge is 0.416 e. The van der Waals surface area contributed by atoms with E-state index in [1.807, 2.05) is 20.8 Å². The molecule has 2 fully saturated rings. The van der Waals surface area contributed by atoms with Gasteiger partial charge in [-0.15, -0.1) is 0 Å². The number of anilines is 2. The minimum absolute atomic E-state index is 0.0757. The fourth-order valence-corrected chi connectivity index (χ4v) is 4.23. The summed E-state index contributed by atoms with van der Waals surface area (Å²) in [5, 5.41) is 18.2. The maximum absolute atomic E-state index is 13.2. The number of fused-ring (bicyclic) bond motifs is 1. The molecule has 4 rings (SSSR count). The van der Waals surface area contributed by atoms with Gasteiger partial charge in [0.25, 0.3) is 0 Å². The molecule has 1 amide bonds. The van der Waals surface area contributed by atoms with E-state index in [9.17, 15) is 9.90 Å². The van der Waals surface area contributed by atoms with Crippen LogP contribution in [0.1, 0.15) is 46.5 Å². The highest BCUT2D eigenvalue weighted by molar-refractivity contribution is 9.10. The van der Waals surface area contributed by atoms with E-state index < -0.39 is 17.8 Å². The molecule has 3 heterocycles. The molecule has 31 heavy (non-hydrogen) atoms. The molecule has 0 aromatic carbocycles. The lowest BCUT2D eigenvalue weighted by molar-refractivity contribution is -0.0285. The average Bonchev–Trinajstić information content (AvgIpc) is 3.02. The van der Waals surface area contributed by atoms with Gasteiger partial charge < -0.3 is 19.9 Å². The number of ether oxygens (including phenoxy) is 2. The molecule has 2 N–H and O–H groups in total. The molecule has 1 aliphatic heterocycles. The average molecular weight is 496 g/mol. The number of amides is 1. The molecule has 0 spiro atoms. The van der Waals surface area contributed by atoms with Gasteiger partial charge in [-0.05, 0) is 49.5 Å². The number of nitrogens with one attached hydrogen (secondary N) is 1. The topological polar surface area (TPSA) is 101 Å². The van der Waals surface area contributed by atoms with E-state index in [0.29, 0.717) is 37.0 Å². The zero-order valence-corrected chi connectivity index (χ0v) is 19.8. The number of halogens is 1. The molecule has 1 saturated heterocycles. The van der Waals surface area contributed by atoms with Gasteiger partial charge in [-0.1, -0.05) is 12.8 Å². The van der Waals surface area contributed by atoms with Crippen LogP contribution in [0.25, 0.3) is 5.65 Å². The number of carbonyl (C=O) groups is 1. The number of aromatic nitrogens is 3. The van der Waals surface area contributed by atoms with Crippen molar-refractivity contribution < 1.29 is 19.4 Å². The van der Waals surface area contributed by atoms with Gasteiger partial charge in [-0.3, -0.25) is 4.90 Å². The normalized spacial score (nSPS) is 22.2. The zero-order chi connectivity index (χ0) is 22.2. The van der Waals surface area contributed by atoms with Crippen LogP contribution < -0.4 is 10.2 Å². The Morgan fingerprint density at radius 1 is 1.39 bits per heavy atom. The zero-order valence-electron chi connectivity index (χ0n) is 18.2. The summed E-state index contributed by atoms with van der Waals surface area (Å²) in [5.41, 5.74) is -0.0426. The summed E-state index contributed by atoms with van der Waals surface area (Å²) in [6.07, 6.45) is 4.53. The maximum atomic E-state index is 13.2. The van der Waals surface area contributed by atoms with E-state index in [1.54, 1.807) is 21.7 Å². The molecular formula is C21H30BrN5O4. The van der Waals surface area contributed by atoms with Crippen LogP contribution in [0.5, 0.6) is 0 Å². The van der Waals surface area contributed by atoms with Crippen LogP contribution in [0.2, 0.25) is 0 Å². The van der Waals surface area contributed by atoms with Gasteiger partial charge in [0.05, 0.1) is 36.0 Å². The highest BCUT2D eigenvalue weighted by Gasteiger charge is 2.32. The summed E-state index contributed by atoms with van der Waals surface area (Å²) in [4.78, 5) is 19.5. The van der Waals surface area contributed by atoms with Crippen LogP contribution in [0.4, 0.5) is 16.4 Å². The Hall–Kier alpha value is -1.91. The summed E-state index contributed by atoms with van der Waals surface area (Å²) < 4.78 is 13.4. The van der Waals surface area contributed by atoms with E-state index in [4.69, 9.17) is 9.47 Å². The van der Waals surface area contributed by atoms with E-state index in [-0.39, 0.29) is 12.0 Å². The largest absolute Gasteiger partial charge is 0.443 e. The quantitative estimate of drug-likeness (QED) is 0.653. The number of aliphatic hydroxyl groups is 1. The van der Waals surface area contributed by atoms with Crippen molar-refractivity contribution in [3.63, 3.8) is 0 Å². The van der Waals surface area contributed by atoms with E-state index in [1.165, 1.54) is 0 Å². The van der Waals surface area contributed by atoms with Crippen LogP contribution in [0.3, 0.4) is 0 Å². The number of hydrogen-bond donors (Lipinski definition) is 2. The predicted octanol–water partition coefficient (Wildman–Crippen LogP) is 3.60. The first-order valence-electron chi connectivity index (χ1n) is 10.8. The highest BCUT2D eigenvalue weighted by Crippen LogP contribution is 2.29. The first-order valence-corrected chi connectivity index (χ1v) is 11.6. The SMILES string of the molecule is CC(C)(C)OC(=O)N(CC1COC1)c1cc(N[C@H]2CCCC[C@H]2O)nc2c(Br)cnn12. The van der Waals surface area contributed by atoms with Gasteiger partial charge in [0, 0.05) is 18.5 Å². The van der Waals surface area contributed by atoms with E-state index >= 15 is 0 Å². The lowest BCUT2D eigenvalue weighted by atomic mass is 9.92. The first-order chi connectivity index (χ1) is 14.7. The van der Waals surface area contributed by atoms with Crippen molar-refractivity contribution in [2.75, 3.05) is 30.0 Å². The minimum Gasteiger partial charge on any atom is -0.443 e. The van der Waals surface area contributed by atoms with Gasteiger partial charge >= 0.3 is 6.09 Å². The molecule has 2 aromatic rings. The summed E-state index contributed by atoms with van der Waals surface area (Å²) in [6, 6.07) is 1.73. The van der Waals surface area contributed by atoms with Gasteiger partial charge in [0.15, 0.2) is 5.65 Å². The Balaban J connectivity index is 1.71. The van der Waals surface area contributed by atoms with Crippen LogP contribution in [0, 0.1) is 5.92 Å². The third-order valence-corrected chi connectivity index (χ3v) is 6.07. The van der Waals surface area contributed by atoms with Crippen molar-refractivity contribution in [3.05, 3.63) is 16.7 Å². The van der Waals surface area contributed by atoms with Gasteiger partial charge in [-0.25, -0.2) is 9.78 Å². The van der Waals surface area contributed by atoms with E-state index in [0.717, 1.165) is 30.2 Å². The number of nitrogens with zero attached hydrogens (tertiary/aromatic N) is 4. The third-order valence-electron chi connectivity index (χ3n) is 5.51. The van der Waals surface area contributed by atoms with Crippen LogP contribution >= 0.6 is 15.9 Å². The Morgan fingerprint density at radius 3 is 2.77 bits per heavy atom. The molecule has 0 unspecified atom stereocenters. The lowest BCUT2D eigenvalue weighted by Gasteiger charge is -2.34. The Bertz CT molecular complexity index is 940. The highest BCUT2D eigenvalue weighted by atomic mass is 79.9. The third kappa shape index (κ3) is 5.12. The lowest BCUT2D eigenvalue weighted by Crippen LogP contribution is -2.45. The Morgan fingerprint density at radius 2 is 2.13 bits per heavy atom. The van der Waals surface area contributed by atoms with Crippen molar-refractivity contribution >= 4 is 39.3 Å². The summed E-state index contributed by atoms with van der Waals surface area (Å²) in [5.74, 6) is 1.38. The van der Waals surface area contributed by atoms with Gasteiger partial charge in [-0.2, -0.15) is 9.61 Å². The van der Waals surface area contributed by atoms with Crippen molar-refractivity contribution in [1.29, 1.82) is 0 Å². The minimum atomic E-state index is -0.629. The van der Waals surface area contributed by atoms with Crippen LogP contribution in [-0.4, -0.2) is 63.3 Å². The molecule has 0 bridgehead atoms. The first kappa shape index (κ1) is 22.3. The molecule has 0 radical (unpaired) electrons. The second-order valence-corrected chi connectivity index (χ2v) is 10.2. The Kier molecular flexibility index (Phi) is 6.41. The fraction of sp³-hybridized carbons (Fsp3) is 0.667. The number of rotatable bonds is 5. The Labute approximate surface area is 190 Å². The van der Waals surface area contributed by atoms with Gasteiger partial charge in [0.2, 0.25) is 0 Å². The molecule has 1 aliphatic carbocycles. The van der Waals surface area contributed by atoms with Crippen molar-refractivity contribution in [3.8, 4) is 0 Å².